The zero-order valence-electron chi connectivity index (χ0n) is 11.1. The van der Waals surface area contributed by atoms with E-state index in [1.165, 1.54) is 0 Å². The van der Waals surface area contributed by atoms with Crippen LogP contribution < -0.4 is 10.6 Å². The number of amides is 1. The Morgan fingerprint density at radius 1 is 1.32 bits per heavy atom. The van der Waals surface area contributed by atoms with E-state index < -0.39 is 12.0 Å². The van der Waals surface area contributed by atoms with Crippen LogP contribution in [0.3, 0.4) is 0 Å². The van der Waals surface area contributed by atoms with E-state index in [0.29, 0.717) is 19.4 Å². The molecule has 3 N–H and O–H groups in total. The van der Waals surface area contributed by atoms with Crippen molar-refractivity contribution in [2.24, 2.45) is 5.73 Å². The summed E-state index contributed by atoms with van der Waals surface area (Å²) in [6, 6.07) is 8.63. The molecular weight excluding hydrogens is 244 g/mol. The molecule has 0 spiro atoms. The van der Waals surface area contributed by atoms with Crippen LogP contribution in [-0.2, 0) is 9.59 Å². The summed E-state index contributed by atoms with van der Waals surface area (Å²) in [7, 11) is 0. The maximum absolute atomic E-state index is 12.2. The van der Waals surface area contributed by atoms with Crippen molar-refractivity contribution in [1.82, 2.24) is 0 Å². The van der Waals surface area contributed by atoms with E-state index in [9.17, 15) is 9.59 Å². The number of anilines is 1. The van der Waals surface area contributed by atoms with Gasteiger partial charge >= 0.3 is 5.97 Å². The normalized spacial score (nSPS) is 11.9. The number of hydrogen-bond donors (Lipinski definition) is 2. The fourth-order valence-electron chi connectivity index (χ4n) is 1.74. The Morgan fingerprint density at radius 2 is 1.95 bits per heavy atom. The van der Waals surface area contributed by atoms with Crippen LogP contribution >= 0.6 is 0 Å². The summed E-state index contributed by atoms with van der Waals surface area (Å²) >= 11 is 0. The number of benzene rings is 1. The molecule has 19 heavy (non-hydrogen) atoms. The minimum atomic E-state index is -0.861. The van der Waals surface area contributed by atoms with Crippen molar-refractivity contribution in [2.75, 3.05) is 11.4 Å². The molecule has 0 aliphatic carbocycles. The Hall–Kier alpha value is -1.88. The highest BCUT2D eigenvalue weighted by Crippen LogP contribution is 2.15. The van der Waals surface area contributed by atoms with Gasteiger partial charge in [-0.05, 0) is 25.0 Å². The van der Waals surface area contributed by atoms with Crippen molar-refractivity contribution < 1.29 is 14.7 Å². The molecule has 5 nitrogen and oxygen atoms in total. The van der Waals surface area contributed by atoms with Gasteiger partial charge in [0.05, 0.1) is 6.04 Å². The Kier molecular flexibility index (Phi) is 6.02. The van der Waals surface area contributed by atoms with E-state index in [4.69, 9.17) is 10.8 Å². The van der Waals surface area contributed by atoms with E-state index in [0.717, 1.165) is 5.69 Å². The quantitative estimate of drug-likeness (QED) is 0.784. The van der Waals surface area contributed by atoms with Crippen molar-refractivity contribution in [1.29, 1.82) is 0 Å². The molecule has 0 unspecified atom stereocenters. The average Bonchev–Trinajstić information content (AvgIpc) is 2.42. The number of carbonyl (C=O) groups excluding carboxylic acids is 1. The first-order valence-corrected chi connectivity index (χ1v) is 6.40. The molecule has 1 rings (SSSR count). The molecule has 0 radical (unpaired) electrons. The van der Waals surface area contributed by atoms with Gasteiger partial charge in [0.25, 0.3) is 0 Å². The standard InChI is InChI=1S/C14H20N2O3/c1-2-12(15)14(19)16(10-6-9-13(17)18)11-7-4-3-5-8-11/h3-5,7-8,12H,2,6,9-10,15H2,1H3,(H,17,18)/t12-/m0/s1. The van der Waals surface area contributed by atoms with Gasteiger partial charge in [0.2, 0.25) is 5.91 Å². The van der Waals surface area contributed by atoms with Crippen LogP contribution in [0, 0.1) is 0 Å². The highest BCUT2D eigenvalue weighted by Gasteiger charge is 2.20. The first-order chi connectivity index (χ1) is 9.06. The van der Waals surface area contributed by atoms with Gasteiger partial charge in [0.15, 0.2) is 0 Å². The highest BCUT2D eigenvalue weighted by molar-refractivity contribution is 5.97. The number of carboxylic acid groups (broad SMARTS) is 1. The van der Waals surface area contributed by atoms with Crippen molar-refractivity contribution in [3.05, 3.63) is 30.3 Å². The van der Waals surface area contributed by atoms with Gasteiger partial charge in [-0.1, -0.05) is 25.1 Å². The Balaban J connectivity index is 2.79. The van der Waals surface area contributed by atoms with Gasteiger partial charge in [-0.25, -0.2) is 0 Å². The van der Waals surface area contributed by atoms with Crippen LogP contribution in [0.25, 0.3) is 0 Å². The molecule has 0 saturated carbocycles. The van der Waals surface area contributed by atoms with Crippen molar-refractivity contribution in [3.63, 3.8) is 0 Å². The van der Waals surface area contributed by atoms with Crippen molar-refractivity contribution in [2.45, 2.75) is 32.2 Å². The summed E-state index contributed by atoms with van der Waals surface area (Å²) in [5.74, 6) is -1.03. The molecule has 0 heterocycles. The fraction of sp³-hybridized carbons (Fsp3) is 0.429. The second kappa shape index (κ2) is 7.53. The number of nitrogens with two attached hydrogens (primary N) is 1. The maximum Gasteiger partial charge on any atom is 0.303 e. The fourth-order valence-corrected chi connectivity index (χ4v) is 1.74. The van der Waals surface area contributed by atoms with Crippen LogP contribution in [0.15, 0.2) is 30.3 Å². The first-order valence-electron chi connectivity index (χ1n) is 6.40. The lowest BCUT2D eigenvalue weighted by Crippen LogP contribution is -2.44. The Bertz CT molecular complexity index is 420. The first kappa shape index (κ1) is 15.2. The third-order valence-corrected chi connectivity index (χ3v) is 2.86. The molecule has 1 aromatic carbocycles. The molecule has 0 saturated heterocycles. The number of aliphatic carboxylic acids is 1. The second-order valence-electron chi connectivity index (χ2n) is 4.34. The van der Waals surface area contributed by atoms with Crippen molar-refractivity contribution >= 4 is 17.6 Å². The van der Waals surface area contributed by atoms with Gasteiger partial charge in [0.1, 0.15) is 0 Å². The smallest absolute Gasteiger partial charge is 0.303 e. The second-order valence-corrected chi connectivity index (χ2v) is 4.34. The van der Waals surface area contributed by atoms with E-state index in [2.05, 4.69) is 0 Å². The minimum Gasteiger partial charge on any atom is -0.481 e. The molecule has 0 fully saturated rings. The van der Waals surface area contributed by atoms with E-state index in [1.54, 1.807) is 4.90 Å². The van der Waals surface area contributed by atoms with Crippen LogP contribution in [0.5, 0.6) is 0 Å². The lowest BCUT2D eigenvalue weighted by atomic mass is 10.1. The molecule has 0 aliphatic rings. The summed E-state index contributed by atoms with van der Waals surface area (Å²) in [5, 5.41) is 8.66. The number of carbonyl (C=O) groups is 2. The molecule has 1 aromatic rings. The summed E-state index contributed by atoms with van der Waals surface area (Å²) in [6.45, 7) is 2.21. The van der Waals surface area contributed by atoms with Gasteiger partial charge in [-0.3, -0.25) is 9.59 Å². The van der Waals surface area contributed by atoms with Gasteiger partial charge < -0.3 is 15.7 Å². The summed E-state index contributed by atoms with van der Waals surface area (Å²) in [5.41, 5.74) is 6.53. The van der Waals surface area contributed by atoms with E-state index >= 15 is 0 Å². The molecule has 0 aromatic heterocycles. The predicted molar refractivity (Wildman–Crippen MR) is 73.9 cm³/mol. The lowest BCUT2D eigenvalue weighted by molar-refractivity contribution is -0.137. The SMILES string of the molecule is CC[C@H](N)C(=O)N(CCCC(=O)O)c1ccccc1. The number of rotatable bonds is 7. The van der Waals surface area contributed by atoms with Gasteiger partial charge in [-0.2, -0.15) is 0 Å². The molecular formula is C14H20N2O3. The van der Waals surface area contributed by atoms with E-state index in [-0.39, 0.29) is 12.3 Å². The molecule has 5 heteroatoms. The molecule has 1 amide bonds. The average molecular weight is 264 g/mol. The minimum absolute atomic E-state index is 0.0397. The predicted octanol–water partition coefficient (Wildman–Crippen LogP) is 1.62. The van der Waals surface area contributed by atoms with Gasteiger partial charge in [-0.15, -0.1) is 0 Å². The third kappa shape index (κ3) is 4.71. The number of hydrogen-bond acceptors (Lipinski definition) is 3. The Morgan fingerprint density at radius 3 is 2.47 bits per heavy atom. The van der Waals surface area contributed by atoms with Crippen LogP contribution in [0.1, 0.15) is 26.2 Å². The highest BCUT2D eigenvalue weighted by atomic mass is 16.4. The third-order valence-electron chi connectivity index (χ3n) is 2.86. The molecule has 0 aliphatic heterocycles. The van der Waals surface area contributed by atoms with Crippen LogP contribution in [-0.4, -0.2) is 29.6 Å². The summed E-state index contributed by atoms with van der Waals surface area (Å²) in [4.78, 5) is 24.3. The summed E-state index contributed by atoms with van der Waals surface area (Å²) in [6.07, 6.45) is 1.01. The molecule has 1 atom stereocenters. The molecule has 0 bridgehead atoms. The summed E-state index contributed by atoms with van der Waals surface area (Å²) < 4.78 is 0. The largest absolute Gasteiger partial charge is 0.481 e. The van der Waals surface area contributed by atoms with Crippen molar-refractivity contribution in [3.8, 4) is 0 Å². The number of carboxylic acids is 1. The van der Waals surface area contributed by atoms with E-state index in [1.807, 2.05) is 37.3 Å². The zero-order chi connectivity index (χ0) is 14.3. The topological polar surface area (TPSA) is 83.6 Å². The Labute approximate surface area is 113 Å². The lowest BCUT2D eigenvalue weighted by Gasteiger charge is -2.25. The van der Waals surface area contributed by atoms with Gasteiger partial charge in [0, 0.05) is 18.7 Å². The zero-order valence-corrected chi connectivity index (χ0v) is 11.1. The monoisotopic (exact) mass is 264 g/mol. The number of nitrogens with zero attached hydrogens (tertiary/aromatic N) is 1. The van der Waals surface area contributed by atoms with Crippen LogP contribution in [0.4, 0.5) is 5.69 Å². The maximum atomic E-state index is 12.2. The number of para-hydroxylation sites is 1. The van der Waals surface area contributed by atoms with Crippen LogP contribution in [0.2, 0.25) is 0 Å². The molecule has 104 valence electrons.